The maximum absolute atomic E-state index is 12.6. The quantitative estimate of drug-likeness (QED) is 0.0240. The molecule has 10 heteroatoms. The monoisotopic (exact) mass is 829 g/mol. The van der Waals surface area contributed by atoms with Crippen molar-refractivity contribution in [2.24, 2.45) is 0 Å². The second-order valence-corrected chi connectivity index (χ2v) is 15.0. The van der Waals surface area contributed by atoms with E-state index in [4.69, 9.17) is 23.6 Å². The minimum absolute atomic E-state index is 0.0103. The van der Waals surface area contributed by atoms with Crippen LogP contribution in [-0.4, -0.2) is 66.3 Å². The summed E-state index contributed by atoms with van der Waals surface area (Å²) in [7, 11) is -4.55. The van der Waals surface area contributed by atoms with Gasteiger partial charge in [-0.05, 0) is 96.3 Å². The fraction of sp³-hybridized carbons (Fsp3) is 0.562. The van der Waals surface area contributed by atoms with Crippen molar-refractivity contribution in [3.05, 3.63) is 122 Å². The molecule has 0 saturated carbocycles. The Morgan fingerprint density at radius 1 is 0.534 bits per heavy atom. The number of rotatable bonds is 39. The highest BCUT2D eigenvalue weighted by molar-refractivity contribution is 7.47. The van der Waals surface area contributed by atoms with Gasteiger partial charge in [0.15, 0.2) is 0 Å². The number of esters is 1. The van der Waals surface area contributed by atoms with E-state index in [0.717, 1.165) is 103 Å². The molecule has 0 aromatic rings. The zero-order valence-corrected chi connectivity index (χ0v) is 36.6. The summed E-state index contributed by atoms with van der Waals surface area (Å²) in [6.45, 7) is 3.05. The number of ether oxygens (including phenoxy) is 2. The molecule has 328 valence electrons. The molecule has 0 fully saturated rings. The van der Waals surface area contributed by atoms with Crippen molar-refractivity contribution in [3.63, 3.8) is 0 Å². The molecule has 3 atom stereocenters. The molecule has 0 aromatic carbocycles. The minimum atomic E-state index is -4.55. The second kappa shape index (κ2) is 43.4. The van der Waals surface area contributed by atoms with Crippen molar-refractivity contribution in [2.75, 3.05) is 33.0 Å². The topological polar surface area (TPSA) is 132 Å². The van der Waals surface area contributed by atoms with Crippen LogP contribution in [0.3, 0.4) is 0 Å². The number of unbranched alkanes of at least 4 members (excludes halogenated alkanes) is 5. The zero-order valence-electron chi connectivity index (χ0n) is 35.7. The van der Waals surface area contributed by atoms with Crippen molar-refractivity contribution >= 4 is 13.8 Å². The van der Waals surface area contributed by atoms with Crippen LogP contribution < -0.4 is 0 Å². The van der Waals surface area contributed by atoms with Crippen LogP contribution in [0.4, 0.5) is 0 Å². The molecule has 0 heterocycles. The zero-order chi connectivity index (χ0) is 42.5. The smallest absolute Gasteiger partial charge is 0.457 e. The Morgan fingerprint density at radius 3 is 1.38 bits per heavy atom. The molecular formula is C48H77O9P. The van der Waals surface area contributed by atoms with Gasteiger partial charge in [-0.15, -0.1) is 0 Å². The Kier molecular flexibility index (Phi) is 41.1. The third-order valence-corrected chi connectivity index (χ3v) is 9.09. The number of hydrogen-bond acceptors (Lipinski definition) is 8. The first-order chi connectivity index (χ1) is 28.3. The number of carbonyl (C=O) groups excluding carboxylic acids is 1. The van der Waals surface area contributed by atoms with E-state index in [9.17, 15) is 19.4 Å². The maximum Gasteiger partial charge on any atom is 0.472 e. The van der Waals surface area contributed by atoms with Crippen molar-refractivity contribution in [3.8, 4) is 0 Å². The second-order valence-electron chi connectivity index (χ2n) is 13.6. The summed E-state index contributed by atoms with van der Waals surface area (Å²) in [5.41, 5.74) is 0. The highest BCUT2D eigenvalue weighted by Crippen LogP contribution is 2.43. The summed E-state index contributed by atoms with van der Waals surface area (Å²) in [5, 5.41) is 18.3. The first-order valence-electron chi connectivity index (χ1n) is 21.5. The van der Waals surface area contributed by atoms with Crippen LogP contribution in [-0.2, 0) is 27.9 Å². The van der Waals surface area contributed by atoms with Crippen molar-refractivity contribution < 1.29 is 43.0 Å². The standard InChI is InChI=1S/C48H77O9P/c1-3-5-7-9-11-13-15-17-19-21-22-23-25-27-29-31-33-35-37-39-41-54-44-47(45-56-58(52,53)55-43-46(50)42-49)57-48(51)40-38-36-34-32-30-28-26-24-20-18-16-14-12-10-8-6-4-2/h5-8,11-14,17-20,22-23,26-29,33,35,46-47,49-50H,3-4,9-10,15-16,21,24-25,30-32,34,36-45H2,1-2H3,(H,52,53)/b7-5-,8-6-,13-11-,14-12-,19-17-,20-18-,23-22-,28-26-,29-27-,35-33-. The lowest BCUT2D eigenvalue weighted by Gasteiger charge is -2.20. The van der Waals surface area contributed by atoms with Crippen molar-refractivity contribution in [2.45, 2.75) is 142 Å². The molecule has 0 spiro atoms. The lowest BCUT2D eigenvalue weighted by molar-refractivity contribution is -0.154. The molecule has 0 aromatic heterocycles. The lowest BCUT2D eigenvalue weighted by atomic mass is 10.1. The molecule has 3 N–H and O–H groups in total. The van der Waals surface area contributed by atoms with Crippen LogP contribution in [0, 0.1) is 0 Å². The van der Waals surface area contributed by atoms with E-state index < -0.39 is 45.8 Å². The summed E-state index contributed by atoms with van der Waals surface area (Å²) in [6.07, 6.45) is 57.4. The summed E-state index contributed by atoms with van der Waals surface area (Å²) >= 11 is 0. The summed E-state index contributed by atoms with van der Waals surface area (Å²) in [5.74, 6) is -0.432. The Labute approximate surface area is 352 Å². The number of hydrogen-bond donors (Lipinski definition) is 3. The molecule has 0 radical (unpaired) electrons. The molecule has 0 aliphatic rings. The van der Waals surface area contributed by atoms with Gasteiger partial charge in [0.05, 0.1) is 26.4 Å². The number of aliphatic hydroxyl groups excluding tert-OH is 2. The molecule has 58 heavy (non-hydrogen) atoms. The molecule has 0 bridgehead atoms. The highest BCUT2D eigenvalue weighted by atomic mass is 31.2. The highest BCUT2D eigenvalue weighted by Gasteiger charge is 2.26. The third-order valence-electron chi connectivity index (χ3n) is 8.14. The minimum Gasteiger partial charge on any atom is -0.457 e. The van der Waals surface area contributed by atoms with Crippen LogP contribution in [0.5, 0.6) is 0 Å². The SMILES string of the molecule is CC/C=C\C/C=C\C/C=C\C/C=C\C/C=C\C/C=C\CCCOCC(COP(=O)(O)OCC(O)CO)OC(=O)CCCCCC/C=C\C/C=C\C/C=C\C/C=C\CC. The van der Waals surface area contributed by atoms with Crippen LogP contribution in [0.1, 0.15) is 129 Å². The number of carbonyl (C=O) groups is 1. The van der Waals surface area contributed by atoms with Gasteiger partial charge in [0.25, 0.3) is 0 Å². The summed E-state index contributed by atoms with van der Waals surface area (Å²) in [4.78, 5) is 22.6. The number of phosphoric ester groups is 1. The largest absolute Gasteiger partial charge is 0.472 e. The summed E-state index contributed by atoms with van der Waals surface area (Å²) in [6, 6.07) is 0. The van der Waals surface area contributed by atoms with E-state index in [1.807, 2.05) is 0 Å². The maximum atomic E-state index is 12.6. The van der Waals surface area contributed by atoms with Gasteiger partial charge in [-0.3, -0.25) is 13.8 Å². The van der Waals surface area contributed by atoms with E-state index >= 15 is 0 Å². The van der Waals surface area contributed by atoms with Gasteiger partial charge in [0.2, 0.25) is 0 Å². The average molecular weight is 829 g/mol. The van der Waals surface area contributed by atoms with Gasteiger partial charge >= 0.3 is 13.8 Å². The molecule has 0 amide bonds. The van der Waals surface area contributed by atoms with E-state index in [1.165, 1.54) is 0 Å². The average Bonchev–Trinajstić information content (AvgIpc) is 3.21. The third kappa shape index (κ3) is 42.5. The predicted molar refractivity (Wildman–Crippen MR) is 241 cm³/mol. The van der Waals surface area contributed by atoms with Gasteiger partial charge in [0, 0.05) is 13.0 Å². The van der Waals surface area contributed by atoms with Gasteiger partial charge in [-0.25, -0.2) is 4.57 Å². The normalized spacial score (nSPS) is 15.2. The fourth-order valence-corrected chi connectivity index (χ4v) is 5.74. The Morgan fingerprint density at radius 2 is 0.931 bits per heavy atom. The van der Waals surface area contributed by atoms with E-state index in [1.54, 1.807) is 0 Å². The molecule has 0 aliphatic heterocycles. The number of allylic oxidation sites excluding steroid dienone is 20. The molecule has 0 rings (SSSR count). The van der Waals surface area contributed by atoms with Crippen LogP contribution >= 0.6 is 7.82 Å². The van der Waals surface area contributed by atoms with Gasteiger partial charge in [0.1, 0.15) is 12.2 Å². The van der Waals surface area contributed by atoms with Gasteiger partial charge in [-0.1, -0.05) is 148 Å². The Balaban J connectivity index is 4.37. The Hall–Kier alpha value is -3.14. The van der Waals surface area contributed by atoms with Crippen LogP contribution in [0.25, 0.3) is 0 Å². The van der Waals surface area contributed by atoms with Crippen LogP contribution in [0.2, 0.25) is 0 Å². The van der Waals surface area contributed by atoms with Crippen molar-refractivity contribution in [1.29, 1.82) is 0 Å². The van der Waals surface area contributed by atoms with Crippen molar-refractivity contribution in [1.82, 2.24) is 0 Å². The van der Waals surface area contributed by atoms with E-state index in [0.29, 0.717) is 13.0 Å². The molecule has 0 saturated heterocycles. The summed E-state index contributed by atoms with van der Waals surface area (Å²) < 4.78 is 33.3. The van der Waals surface area contributed by atoms with Crippen LogP contribution in [0.15, 0.2) is 122 Å². The van der Waals surface area contributed by atoms with E-state index in [-0.39, 0.29) is 13.0 Å². The molecular weight excluding hydrogens is 751 g/mol. The van der Waals surface area contributed by atoms with Gasteiger partial charge in [-0.2, -0.15) is 0 Å². The fourth-order valence-electron chi connectivity index (χ4n) is 4.95. The lowest BCUT2D eigenvalue weighted by Crippen LogP contribution is -2.29. The Bertz CT molecular complexity index is 1310. The molecule has 3 unspecified atom stereocenters. The van der Waals surface area contributed by atoms with Gasteiger partial charge < -0.3 is 24.6 Å². The predicted octanol–water partition coefficient (Wildman–Crippen LogP) is 12.0. The first-order valence-corrected chi connectivity index (χ1v) is 23.0. The first kappa shape index (κ1) is 54.9. The number of phosphoric acid groups is 1. The molecule has 9 nitrogen and oxygen atoms in total. The van der Waals surface area contributed by atoms with E-state index in [2.05, 4.69) is 135 Å². The number of aliphatic hydroxyl groups is 2. The molecule has 0 aliphatic carbocycles.